The Labute approximate surface area is 141 Å². The smallest absolute Gasteiger partial charge is 0.316 e. The van der Waals surface area contributed by atoms with E-state index in [0.717, 1.165) is 20.1 Å². The highest BCUT2D eigenvalue weighted by Crippen LogP contribution is 2.29. The van der Waals surface area contributed by atoms with E-state index in [2.05, 4.69) is 11.1 Å². The average Bonchev–Trinajstić information content (AvgIpc) is 3.01. The molecule has 0 atom stereocenters. The quantitative estimate of drug-likeness (QED) is 0.519. The van der Waals surface area contributed by atoms with E-state index in [1.165, 1.54) is 11.8 Å². The van der Waals surface area contributed by atoms with E-state index < -0.39 is 0 Å². The normalized spacial score (nSPS) is 10.4. The number of benzene rings is 2. The molecule has 4 nitrogen and oxygen atoms in total. The van der Waals surface area contributed by atoms with Gasteiger partial charge in [-0.1, -0.05) is 36.0 Å². The number of fused-ring (bicyclic) bond motifs is 1. The van der Waals surface area contributed by atoms with Gasteiger partial charge in [0.2, 0.25) is 0 Å². The molecule has 1 heterocycles. The number of nitriles is 1. The Morgan fingerprint density at radius 3 is 2.96 bits per heavy atom. The van der Waals surface area contributed by atoms with Crippen LogP contribution in [0.15, 0.2) is 52.9 Å². The summed E-state index contributed by atoms with van der Waals surface area (Å²) in [5.41, 5.74) is 2.31. The molecule has 0 unspecified atom stereocenters. The molecule has 0 fully saturated rings. The molecule has 23 heavy (non-hydrogen) atoms. The van der Waals surface area contributed by atoms with E-state index in [1.54, 1.807) is 29.5 Å². The van der Waals surface area contributed by atoms with Crippen molar-refractivity contribution in [3.8, 4) is 6.07 Å². The lowest BCUT2D eigenvalue weighted by molar-refractivity contribution is -0.141. The second-order valence-corrected chi connectivity index (χ2v) is 6.96. The summed E-state index contributed by atoms with van der Waals surface area (Å²) in [5.74, 6) is -0.0748. The summed E-state index contributed by atoms with van der Waals surface area (Å²) in [6.45, 7) is 0.175. The van der Waals surface area contributed by atoms with Crippen LogP contribution in [0.1, 0.15) is 11.1 Å². The van der Waals surface area contributed by atoms with Crippen molar-refractivity contribution in [3.63, 3.8) is 0 Å². The van der Waals surface area contributed by atoms with Crippen molar-refractivity contribution in [2.75, 3.05) is 5.75 Å². The highest BCUT2D eigenvalue weighted by Gasteiger charge is 2.09. The SMILES string of the molecule is N#Cc1cccc(COC(=O)CSc2nc3ccccc3s2)c1. The van der Waals surface area contributed by atoms with Gasteiger partial charge >= 0.3 is 5.97 Å². The summed E-state index contributed by atoms with van der Waals surface area (Å²) in [6, 6.07) is 17.0. The fraction of sp³-hybridized carbons (Fsp3) is 0.118. The summed E-state index contributed by atoms with van der Waals surface area (Å²) in [7, 11) is 0. The molecular weight excluding hydrogens is 328 g/mol. The molecule has 114 valence electrons. The van der Waals surface area contributed by atoms with Gasteiger partial charge in [-0.2, -0.15) is 5.26 Å². The number of nitrogens with zero attached hydrogens (tertiary/aromatic N) is 2. The van der Waals surface area contributed by atoms with Crippen LogP contribution in [-0.4, -0.2) is 16.7 Å². The topological polar surface area (TPSA) is 63.0 Å². The van der Waals surface area contributed by atoms with Crippen molar-refractivity contribution >= 4 is 39.3 Å². The van der Waals surface area contributed by atoms with Crippen molar-refractivity contribution in [1.82, 2.24) is 4.98 Å². The molecule has 0 aliphatic rings. The predicted molar refractivity (Wildman–Crippen MR) is 91.3 cm³/mol. The number of rotatable bonds is 5. The Kier molecular flexibility index (Phi) is 4.91. The minimum absolute atomic E-state index is 0.175. The van der Waals surface area contributed by atoms with Crippen LogP contribution in [0, 0.1) is 11.3 Å². The third kappa shape index (κ3) is 4.09. The highest BCUT2D eigenvalue weighted by molar-refractivity contribution is 8.01. The Bertz CT molecular complexity index is 850. The van der Waals surface area contributed by atoms with Crippen LogP contribution < -0.4 is 0 Å². The van der Waals surface area contributed by atoms with Crippen molar-refractivity contribution < 1.29 is 9.53 Å². The van der Waals surface area contributed by atoms with Crippen LogP contribution in [0.4, 0.5) is 0 Å². The lowest BCUT2D eigenvalue weighted by atomic mass is 10.1. The molecule has 0 saturated carbocycles. The first-order chi connectivity index (χ1) is 11.2. The minimum atomic E-state index is -0.295. The number of esters is 1. The molecule has 0 N–H and O–H groups in total. The van der Waals surface area contributed by atoms with Crippen LogP contribution in [0.25, 0.3) is 10.2 Å². The molecule has 1 aromatic heterocycles. The number of ether oxygens (including phenoxy) is 1. The second-order valence-electron chi connectivity index (χ2n) is 4.71. The van der Waals surface area contributed by atoms with Crippen molar-refractivity contribution in [3.05, 3.63) is 59.7 Å². The lowest BCUT2D eigenvalue weighted by Crippen LogP contribution is -2.07. The lowest BCUT2D eigenvalue weighted by Gasteiger charge is -2.04. The maximum absolute atomic E-state index is 11.8. The molecule has 0 amide bonds. The molecule has 0 bridgehead atoms. The van der Waals surface area contributed by atoms with Crippen LogP contribution in [0.5, 0.6) is 0 Å². The van der Waals surface area contributed by atoms with Crippen molar-refractivity contribution in [2.45, 2.75) is 10.9 Å². The first kappa shape index (κ1) is 15.5. The molecule has 0 aliphatic heterocycles. The molecule has 0 saturated heterocycles. The second kappa shape index (κ2) is 7.27. The largest absolute Gasteiger partial charge is 0.460 e. The van der Waals surface area contributed by atoms with Gasteiger partial charge in [-0.05, 0) is 29.8 Å². The molecule has 3 rings (SSSR count). The summed E-state index contributed by atoms with van der Waals surface area (Å²) < 4.78 is 7.20. The number of hydrogen-bond acceptors (Lipinski definition) is 6. The molecule has 3 aromatic rings. The fourth-order valence-corrected chi connectivity index (χ4v) is 3.84. The first-order valence-corrected chi connectivity index (χ1v) is 8.68. The number of thioether (sulfide) groups is 1. The molecule has 0 radical (unpaired) electrons. The van der Waals surface area contributed by atoms with Gasteiger partial charge in [-0.25, -0.2) is 4.98 Å². The van der Waals surface area contributed by atoms with E-state index in [9.17, 15) is 4.79 Å². The number of hydrogen-bond donors (Lipinski definition) is 0. The Morgan fingerprint density at radius 1 is 1.26 bits per heavy atom. The molecule has 0 spiro atoms. The molecule has 0 aliphatic carbocycles. The van der Waals surface area contributed by atoms with Gasteiger partial charge in [0.25, 0.3) is 0 Å². The summed E-state index contributed by atoms with van der Waals surface area (Å²) >= 11 is 2.94. The van der Waals surface area contributed by atoms with Crippen molar-refractivity contribution in [2.24, 2.45) is 0 Å². The van der Waals surface area contributed by atoms with E-state index in [4.69, 9.17) is 10.00 Å². The number of aromatic nitrogens is 1. The highest BCUT2D eigenvalue weighted by atomic mass is 32.2. The maximum atomic E-state index is 11.8. The monoisotopic (exact) mass is 340 g/mol. The van der Waals surface area contributed by atoms with Gasteiger partial charge < -0.3 is 4.74 Å². The zero-order chi connectivity index (χ0) is 16.1. The third-order valence-corrected chi connectivity index (χ3v) is 5.20. The number of carbonyl (C=O) groups excluding carboxylic acids is 1. The Hall–Kier alpha value is -2.36. The Balaban J connectivity index is 1.52. The van der Waals surface area contributed by atoms with Crippen LogP contribution in [0.2, 0.25) is 0 Å². The predicted octanol–water partition coefficient (Wildman–Crippen LogP) is 4.00. The van der Waals surface area contributed by atoms with Gasteiger partial charge in [0.15, 0.2) is 4.34 Å². The average molecular weight is 340 g/mol. The van der Waals surface area contributed by atoms with Crippen molar-refractivity contribution in [1.29, 1.82) is 5.26 Å². The first-order valence-electron chi connectivity index (χ1n) is 6.87. The number of carbonyl (C=O) groups is 1. The Morgan fingerprint density at radius 2 is 2.13 bits per heavy atom. The maximum Gasteiger partial charge on any atom is 0.316 e. The number of para-hydroxylation sites is 1. The van der Waals surface area contributed by atoms with Gasteiger partial charge in [0.05, 0.1) is 27.6 Å². The fourth-order valence-electron chi connectivity index (χ4n) is 1.97. The summed E-state index contributed by atoms with van der Waals surface area (Å²) in [4.78, 5) is 16.3. The summed E-state index contributed by atoms with van der Waals surface area (Å²) in [5, 5.41) is 8.84. The van der Waals surface area contributed by atoms with Gasteiger partial charge in [-0.15, -0.1) is 11.3 Å². The molecule has 6 heteroatoms. The van der Waals surface area contributed by atoms with Crippen LogP contribution in [-0.2, 0) is 16.1 Å². The third-order valence-electron chi connectivity index (χ3n) is 3.04. The zero-order valence-electron chi connectivity index (χ0n) is 12.1. The van der Waals surface area contributed by atoms with Gasteiger partial charge in [0.1, 0.15) is 6.61 Å². The van der Waals surface area contributed by atoms with Gasteiger partial charge in [0, 0.05) is 0 Å². The zero-order valence-corrected chi connectivity index (χ0v) is 13.7. The van der Waals surface area contributed by atoms with Crippen LogP contribution in [0.3, 0.4) is 0 Å². The van der Waals surface area contributed by atoms with Crippen LogP contribution >= 0.6 is 23.1 Å². The van der Waals surface area contributed by atoms with E-state index in [0.29, 0.717) is 5.56 Å². The van der Waals surface area contributed by atoms with E-state index in [1.807, 2.05) is 30.3 Å². The standard InChI is InChI=1S/C17H12N2O2S2/c18-9-12-4-3-5-13(8-12)10-21-16(20)11-22-17-19-14-6-1-2-7-15(14)23-17/h1-8H,10-11H2. The van der Waals surface area contributed by atoms with E-state index >= 15 is 0 Å². The molecule has 2 aromatic carbocycles. The summed E-state index contributed by atoms with van der Waals surface area (Å²) in [6.07, 6.45) is 0. The number of thiazole rings is 1. The van der Waals surface area contributed by atoms with Gasteiger partial charge in [-0.3, -0.25) is 4.79 Å². The van der Waals surface area contributed by atoms with E-state index in [-0.39, 0.29) is 18.3 Å². The molecular formula is C17H12N2O2S2. The minimum Gasteiger partial charge on any atom is -0.460 e.